The zero-order valence-electron chi connectivity index (χ0n) is 11.1. The van der Waals surface area contributed by atoms with E-state index in [1.54, 1.807) is 0 Å². The predicted molar refractivity (Wildman–Crippen MR) is 70.4 cm³/mol. The number of nitrogens with zero attached hydrogens (tertiary/aromatic N) is 3. The zero-order chi connectivity index (χ0) is 12.7. The monoisotopic (exact) mass is 242 g/mol. The summed E-state index contributed by atoms with van der Waals surface area (Å²) in [6, 6.07) is 0.0910. The van der Waals surface area contributed by atoms with Crippen LogP contribution in [-0.2, 0) is 0 Å². The quantitative estimate of drug-likeness (QED) is 0.315. The molecule has 1 heterocycles. The van der Waals surface area contributed by atoms with Crippen LogP contribution in [0.1, 0.15) is 33.1 Å². The molecule has 1 rings (SSSR count). The first-order valence-corrected chi connectivity index (χ1v) is 6.66. The largest absolute Gasteiger partial charge is 0.409 e. The van der Waals surface area contributed by atoms with E-state index in [0.717, 1.165) is 32.6 Å². The average Bonchev–Trinajstić information content (AvgIpc) is 2.38. The van der Waals surface area contributed by atoms with E-state index in [1.165, 1.54) is 19.4 Å². The number of hydrogen-bond donors (Lipinski definition) is 2. The molecule has 0 aromatic heterocycles. The summed E-state index contributed by atoms with van der Waals surface area (Å²) in [5.74, 6) is 0.342. The molecule has 1 aliphatic heterocycles. The van der Waals surface area contributed by atoms with Gasteiger partial charge in [-0.2, -0.15) is 0 Å². The molecule has 1 fully saturated rings. The number of rotatable bonds is 6. The summed E-state index contributed by atoms with van der Waals surface area (Å²) in [5.41, 5.74) is 5.72. The van der Waals surface area contributed by atoms with Crippen molar-refractivity contribution in [3.8, 4) is 0 Å². The molecule has 0 aromatic carbocycles. The van der Waals surface area contributed by atoms with E-state index < -0.39 is 0 Å². The maximum absolute atomic E-state index is 8.76. The molecule has 0 saturated carbocycles. The van der Waals surface area contributed by atoms with Gasteiger partial charge in [-0.3, -0.25) is 4.90 Å². The summed E-state index contributed by atoms with van der Waals surface area (Å²) in [6.45, 7) is 9.71. The van der Waals surface area contributed by atoms with Gasteiger partial charge in [-0.05, 0) is 19.4 Å². The average molecular weight is 242 g/mol. The van der Waals surface area contributed by atoms with E-state index in [0.29, 0.717) is 5.84 Å². The van der Waals surface area contributed by atoms with Crippen molar-refractivity contribution < 1.29 is 5.21 Å². The van der Waals surface area contributed by atoms with E-state index in [2.05, 4.69) is 28.8 Å². The van der Waals surface area contributed by atoms with Gasteiger partial charge in [-0.15, -0.1) is 0 Å². The van der Waals surface area contributed by atoms with Crippen LogP contribution >= 0.6 is 0 Å². The van der Waals surface area contributed by atoms with Gasteiger partial charge in [0.05, 0.1) is 6.04 Å². The fourth-order valence-corrected chi connectivity index (χ4v) is 2.40. The highest BCUT2D eigenvalue weighted by Crippen LogP contribution is 2.10. The van der Waals surface area contributed by atoms with Crippen molar-refractivity contribution >= 4 is 5.84 Å². The fourth-order valence-electron chi connectivity index (χ4n) is 2.40. The standard InChI is InChI=1S/C12H26N4O/c1-3-5-6-15-7-9-16(10-8-15)11(4-2)12(13)14-17/h11,17H,3-10H2,1-2H3,(H2,13,14). The molecule has 1 atom stereocenters. The smallest absolute Gasteiger partial charge is 0.156 e. The van der Waals surface area contributed by atoms with Crippen molar-refractivity contribution in [2.45, 2.75) is 39.2 Å². The van der Waals surface area contributed by atoms with Crippen LogP contribution in [0.3, 0.4) is 0 Å². The summed E-state index contributed by atoms with van der Waals surface area (Å²) < 4.78 is 0. The van der Waals surface area contributed by atoms with Crippen molar-refractivity contribution in [3.05, 3.63) is 0 Å². The summed E-state index contributed by atoms with van der Waals surface area (Å²) in [4.78, 5) is 4.82. The minimum Gasteiger partial charge on any atom is -0.409 e. The third-order valence-corrected chi connectivity index (χ3v) is 3.52. The first-order chi connectivity index (χ1) is 8.22. The maximum atomic E-state index is 8.76. The van der Waals surface area contributed by atoms with Crippen molar-refractivity contribution in [2.24, 2.45) is 10.9 Å². The minimum atomic E-state index is 0.0910. The number of piperazine rings is 1. The van der Waals surface area contributed by atoms with E-state index in [1.807, 2.05) is 0 Å². The van der Waals surface area contributed by atoms with Crippen LogP contribution in [0.2, 0.25) is 0 Å². The molecule has 0 radical (unpaired) electrons. The van der Waals surface area contributed by atoms with Crippen LogP contribution in [0.4, 0.5) is 0 Å². The Bertz CT molecular complexity index is 237. The van der Waals surface area contributed by atoms with Crippen LogP contribution < -0.4 is 5.73 Å². The Balaban J connectivity index is 2.39. The Morgan fingerprint density at radius 1 is 1.29 bits per heavy atom. The second-order valence-corrected chi connectivity index (χ2v) is 4.68. The lowest BCUT2D eigenvalue weighted by Gasteiger charge is -2.38. The van der Waals surface area contributed by atoms with Crippen LogP contribution in [0.25, 0.3) is 0 Å². The van der Waals surface area contributed by atoms with Gasteiger partial charge < -0.3 is 15.8 Å². The lowest BCUT2D eigenvalue weighted by Crippen LogP contribution is -2.54. The Labute approximate surface area is 104 Å². The molecule has 1 saturated heterocycles. The second kappa shape index (κ2) is 7.50. The lowest BCUT2D eigenvalue weighted by atomic mass is 10.1. The molecule has 0 aliphatic carbocycles. The lowest BCUT2D eigenvalue weighted by molar-refractivity contribution is 0.113. The topological polar surface area (TPSA) is 65.1 Å². The van der Waals surface area contributed by atoms with Gasteiger partial charge in [0.15, 0.2) is 5.84 Å². The summed E-state index contributed by atoms with van der Waals surface area (Å²) >= 11 is 0. The normalized spacial score (nSPS) is 21.6. The third kappa shape index (κ3) is 4.16. The summed E-state index contributed by atoms with van der Waals surface area (Å²) in [7, 11) is 0. The first kappa shape index (κ1) is 14.3. The molecule has 0 amide bonds. The third-order valence-electron chi connectivity index (χ3n) is 3.52. The molecule has 5 heteroatoms. The van der Waals surface area contributed by atoms with E-state index in [4.69, 9.17) is 10.9 Å². The molecule has 1 unspecified atom stereocenters. The molecule has 1 aliphatic rings. The molecule has 100 valence electrons. The SMILES string of the molecule is CCCCN1CCN(C(CC)C(N)=NO)CC1. The number of amidine groups is 1. The highest BCUT2D eigenvalue weighted by molar-refractivity contribution is 5.85. The molecule has 0 bridgehead atoms. The summed E-state index contributed by atoms with van der Waals surface area (Å²) in [5, 5.41) is 11.9. The number of nitrogens with two attached hydrogens (primary N) is 1. The van der Waals surface area contributed by atoms with E-state index in [9.17, 15) is 0 Å². The summed E-state index contributed by atoms with van der Waals surface area (Å²) in [6.07, 6.45) is 3.42. The van der Waals surface area contributed by atoms with Crippen molar-refractivity contribution in [2.75, 3.05) is 32.7 Å². The van der Waals surface area contributed by atoms with Crippen molar-refractivity contribution in [1.29, 1.82) is 0 Å². The second-order valence-electron chi connectivity index (χ2n) is 4.68. The number of oxime groups is 1. The number of unbranched alkanes of at least 4 members (excludes halogenated alkanes) is 1. The van der Waals surface area contributed by atoms with Crippen LogP contribution in [-0.4, -0.2) is 59.6 Å². The minimum absolute atomic E-state index is 0.0910. The van der Waals surface area contributed by atoms with Crippen molar-refractivity contribution in [1.82, 2.24) is 9.80 Å². The van der Waals surface area contributed by atoms with Crippen molar-refractivity contribution in [3.63, 3.8) is 0 Å². The predicted octanol–water partition coefficient (Wildman–Crippen LogP) is 0.929. The first-order valence-electron chi connectivity index (χ1n) is 6.66. The van der Waals surface area contributed by atoms with Gasteiger partial charge in [-0.1, -0.05) is 25.4 Å². The van der Waals surface area contributed by atoms with Gasteiger partial charge in [0.2, 0.25) is 0 Å². The molecule has 0 spiro atoms. The van der Waals surface area contributed by atoms with Crippen LogP contribution in [0, 0.1) is 0 Å². The van der Waals surface area contributed by atoms with E-state index in [-0.39, 0.29) is 6.04 Å². The van der Waals surface area contributed by atoms with Gasteiger partial charge in [0, 0.05) is 26.2 Å². The molecule has 3 N–H and O–H groups in total. The van der Waals surface area contributed by atoms with Crippen LogP contribution in [0.5, 0.6) is 0 Å². The zero-order valence-corrected chi connectivity index (χ0v) is 11.1. The Kier molecular flexibility index (Phi) is 6.29. The molecule has 5 nitrogen and oxygen atoms in total. The molecular formula is C12H26N4O. The highest BCUT2D eigenvalue weighted by atomic mass is 16.4. The molecule has 17 heavy (non-hydrogen) atoms. The van der Waals surface area contributed by atoms with E-state index >= 15 is 0 Å². The number of hydrogen-bond acceptors (Lipinski definition) is 4. The van der Waals surface area contributed by atoms with Crippen LogP contribution in [0.15, 0.2) is 5.16 Å². The Hall–Kier alpha value is -0.810. The highest BCUT2D eigenvalue weighted by Gasteiger charge is 2.24. The molecular weight excluding hydrogens is 216 g/mol. The Morgan fingerprint density at radius 3 is 2.41 bits per heavy atom. The molecule has 0 aromatic rings. The van der Waals surface area contributed by atoms with Gasteiger partial charge in [0.25, 0.3) is 0 Å². The van der Waals surface area contributed by atoms with Gasteiger partial charge in [0.1, 0.15) is 0 Å². The van der Waals surface area contributed by atoms with Gasteiger partial charge >= 0.3 is 0 Å². The van der Waals surface area contributed by atoms with Gasteiger partial charge in [-0.25, -0.2) is 0 Å². The Morgan fingerprint density at radius 2 is 1.94 bits per heavy atom. The fraction of sp³-hybridized carbons (Fsp3) is 0.917. The maximum Gasteiger partial charge on any atom is 0.156 e.